The van der Waals surface area contributed by atoms with Crippen LogP contribution in [0.15, 0.2) is 36.4 Å². The minimum absolute atomic E-state index is 0.104. The first kappa shape index (κ1) is 23.7. The van der Waals surface area contributed by atoms with Crippen LogP contribution in [-0.2, 0) is 20.8 Å². The van der Waals surface area contributed by atoms with Crippen molar-refractivity contribution in [2.45, 2.75) is 43.6 Å². The summed E-state index contributed by atoms with van der Waals surface area (Å²) in [5, 5.41) is 17.8. The van der Waals surface area contributed by atoms with Gasteiger partial charge >= 0.3 is 0 Å². The minimum atomic E-state index is -3.14. The first-order valence-corrected chi connectivity index (χ1v) is 11.9. The number of carbonyl (C=O) groups is 3. The number of anilines is 2. The number of benzene rings is 2. The van der Waals surface area contributed by atoms with E-state index < -0.39 is 49.2 Å². The molecule has 0 aromatic heterocycles. The van der Waals surface area contributed by atoms with Crippen LogP contribution in [0.1, 0.15) is 36.3 Å². The number of rotatable bonds is 4. The summed E-state index contributed by atoms with van der Waals surface area (Å²) in [6.45, 7) is -0.437. The molecule has 0 saturated carbocycles. The van der Waals surface area contributed by atoms with Crippen LogP contribution in [0.5, 0.6) is 0 Å². The van der Waals surface area contributed by atoms with Crippen LogP contribution in [0.2, 0.25) is 0 Å². The van der Waals surface area contributed by atoms with Gasteiger partial charge in [0.15, 0.2) is 0 Å². The molecule has 0 aliphatic carbocycles. The lowest BCUT2D eigenvalue weighted by atomic mass is 9.87. The molecule has 8 nitrogen and oxygen atoms in total. The van der Waals surface area contributed by atoms with Crippen molar-refractivity contribution in [1.29, 1.82) is 5.26 Å². The molecule has 1 saturated heterocycles. The molecule has 3 heterocycles. The Morgan fingerprint density at radius 2 is 1.92 bits per heavy atom. The van der Waals surface area contributed by atoms with Gasteiger partial charge in [0.1, 0.15) is 6.04 Å². The van der Waals surface area contributed by atoms with Gasteiger partial charge in [-0.3, -0.25) is 14.4 Å². The first-order valence-electron chi connectivity index (χ1n) is 11.9. The molecule has 5 rings (SSSR count). The number of fused-ring (bicyclic) bond motifs is 2. The largest absolute Gasteiger partial charge is 0.385 e. The predicted molar refractivity (Wildman–Crippen MR) is 128 cm³/mol. The monoisotopic (exact) mass is 493 g/mol. The number of likely N-dealkylation sites (tertiary alicyclic amines) is 1. The van der Waals surface area contributed by atoms with Crippen molar-refractivity contribution >= 4 is 29.1 Å². The molecule has 186 valence electrons. The summed E-state index contributed by atoms with van der Waals surface area (Å²) >= 11 is 0. The Morgan fingerprint density at radius 3 is 2.69 bits per heavy atom. The van der Waals surface area contributed by atoms with E-state index in [0.29, 0.717) is 11.3 Å². The zero-order valence-electron chi connectivity index (χ0n) is 19.4. The summed E-state index contributed by atoms with van der Waals surface area (Å²) in [6.07, 6.45) is 1.21. The number of aryl methyl sites for hydroxylation is 1. The lowest BCUT2D eigenvalue weighted by molar-refractivity contribution is -0.134. The Morgan fingerprint density at radius 1 is 1.17 bits per heavy atom. The Labute approximate surface area is 206 Å². The second kappa shape index (κ2) is 9.22. The highest BCUT2D eigenvalue weighted by Crippen LogP contribution is 2.37. The summed E-state index contributed by atoms with van der Waals surface area (Å²) in [5.74, 6) is -5.61. The molecule has 3 amide bonds. The third-order valence-corrected chi connectivity index (χ3v) is 6.94. The second-order valence-corrected chi connectivity index (χ2v) is 9.45. The first-order chi connectivity index (χ1) is 17.2. The normalized spacial score (nSPS) is 21.9. The van der Waals surface area contributed by atoms with Crippen LogP contribution in [0.4, 0.5) is 20.2 Å². The fourth-order valence-electron chi connectivity index (χ4n) is 5.11. The quantitative estimate of drug-likeness (QED) is 0.606. The van der Waals surface area contributed by atoms with E-state index in [1.807, 2.05) is 24.3 Å². The van der Waals surface area contributed by atoms with E-state index in [1.54, 1.807) is 12.1 Å². The van der Waals surface area contributed by atoms with Crippen molar-refractivity contribution in [2.75, 3.05) is 30.3 Å². The number of amides is 3. The van der Waals surface area contributed by atoms with Gasteiger partial charge in [0, 0.05) is 30.8 Å². The standard InChI is InChI=1S/C26H25F2N5O3/c27-26(28)11-18(12-29)33(14-26)24(35)13-31-25(36)20-10-23(34)32-22-6-4-16(9-19(20)22)15-3-5-21-17(8-15)2-1-7-30-21/h3-6,8-9,18,20,30H,1-2,7,10-11,13-14H2,(H,31,36)(H,32,34)/t18?,20-/m0/s1. The van der Waals surface area contributed by atoms with Crippen molar-refractivity contribution in [2.24, 2.45) is 0 Å². The minimum Gasteiger partial charge on any atom is -0.385 e. The smallest absolute Gasteiger partial charge is 0.268 e. The van der Waals surface area contributed by atoms with E-state index in [2.05, 4.69) is 22.0 Å². The van der Waals surface area contributed by atoms with E-state index in [1.165, 1.54) is 5.56 Å². The van der Waals surface area contributed by atoms with Gasteiger partial charge in [-0.25, -0.2) is 8.78 Å². The molecular formula is C26H25F2N5O3. The molecular weight excluding hydrogens is 468 g/mol. The summed E-state index contributed by atoms with van der Waals surface area (Å²) < 4.78 is 27.4. The number of hydrogen-bond donors (Lipinski definition) is 3. The van der Waals surface area contributed by atoms with Crippen LogP contribution < -0.4 is 16.0 Å². The highest BCUT2D eigenvalue weighted by molar-refractivity contribution is 6.02. The molecule has 3 aliphatic heterocycles. The molecule has 36 heavy (non-hydrogen) atoms. The highest BCUT2D eigenvalue weighted by atomic mass is 19.3. The maximum Gasteiger partial charge on any atom is 0.268 e. The van der Waals surface area contributed by atoms with Gasteiger partial charge < -0.3 is 20.9 Å². The van der Waals surface area contributed by atoms with Crippen molar-refractivity contribution in [3.63, 3.8) is 0 Å². The lowest BCUT2D eigenvalue weighted by Crippen LogP contribution is -2.44. The molecule has 0 radical (unpaired) electrons. The molecule has 2 aromatic carbocycles. The maximum absolute atomic E-state index is 13.7. The molecule has 0 spiro atoms. The maximum atomic E-state index is 13.7. The van der Waals surface area contributed by atoms with Gasteiger partial charge in [-0.1, -0.05) is 12.1 Å². The van der Waals surface area contributed by atoms with Crippen molar-refractivity contribution < 1.29 is 23.2 Å². The second-order valence-electron chi connectivity index (χ2n) is 9.45. The van der Waals surface area contributed by atoms with E-state index in [4.69, 9.17) is 5.26 Å². The Kier molecular flexibility index (Phi) is 6.08. The predicted octanol–water partition coefficient (Wildman–Crippen LogP) is 3.01. The number of nitrogens with one attached hydrogen (secondary N) is 3. The molecule has 10 heteroatoms. The van der Waals surface area contributed by atoms with Crippen LogP contribution in [0.3, 0.4) is 0 Å². The third-order valence-electron chi connectivity index (χ3n) is 6.94. The zero-order chi connectivity index (χ0) is 25.4. The van der Waals surface area contributed by atoms with E-state index in [9.17, 15) is 23.2 Å². The molecule has 1 unspecified atom stereocenters. The Hall–Kier alpha value is -4.00. The van der Waals surface area contributed by atoms with Crippen molar-refractivity contribution in [3.8, 4) is 17.2 Å². The molecule has 2 atom stereocenters. The van der Waals surface area contributed by atoms with Crippen molar-refractivity contribution in [3.05, 3.63) is 47.5 Å². The number of nitriles is 1. The van der Waals surface area contributed by atoms with Crippen LogP contribution in [-0.4, -0.2) is 54.2 Å². The van der Waals surface area contributed by atoms with Crippen LogP contribution in [0.25, 0.3) is 11.1 Å². The van der Waals surface area contributed by atoms with Crippen LogP contribution >= 0.6 is 0 Å². The molecule has 3 aliphatic rings. The molecule has 0 bridgehead atoms. The van der Waals surface area contributed by atoms with Gasteiger partial charge in [-0.15, -0.1) is 0 Å². The SMILES string of the molecule is N#CC1CC(F)(F)CN1C(=O)CNC(=O)[C@H]1CC(=O)Nc2ccc(-c3ccc4c(c3)CCCN4)cc21. The van der Waals surface area contributed by atoms with Crippen LogP contribution in [0, 0.1) is 11.3 Å². The lowest BCUT2D eigenvalue weighted by Gasteiger charge is -2.26. The van der Waals surface area contributed by atoms with Gasteiger partial charge in [0.25, 0.3) is 5.92 Å². The summed E-state index contributed by atoms with van der Waals surface area (Å²) in [6, 6.07) is 12.2. The van der Waals surface area contributed by atoms with E-state index in [0.717, 1.165) is 41.1 Å². The number of nitrogens with zero attached hydrogens (tertiary/aromatic N) is 2. The number of halogens is 2. The molecule has 1 fully saturated rings. The zero-order valence-corrected chi connectivity index (χ0v) is 19.4. The summed E-state index contributed by atoms with van der Waals surface area (Å²) in [4.78, 5) is 38.6. The van der Waals surface area contributed by atoms with Gasteiger partial charge in [-0.05, 0) is 59.4 Å². The summed E-state index contributed by atoms with van der Waals surface area (Å²) in [5.41, 5.74) is 5.36. The van der Waals surface area contributed by atoms with E-state index in [-0.39, 0.29) is 12.3 Å². The molecule has 3 N–H and O–H groups in total. The third kappa shape index (κ3) is 4.61. The highest BCUT2D eigenvalue weighted by Gasteiger charge is 2.47. The van der Waals surface area contributed by atoms with Crippen molar-refractivity contribution in [1.82, 2.24) is 10.2 Å². The Balaban J connectivity index is 1.34. The number of alkyl halides is 2. The fourth-order valence-corrected chi connectivity index (χ4v) is 5.11. The average molecular weight is 494 g/mol. The molecule has 2 aromatic rings. The summed E-state index contributed by atoms with van der Waals surface area (Å²) in [7, 11) is 0. The van der Waals surface area contributed by atoms with Gasteiger partial charge in [-0.2, -0.15) is 5.26 Å². The topological polar surface area (TPSA) is 114 Å². The fraction of sp³-hybridized carbons (Fsp3) is 0.385. The van der Waals surface area contributed by atoms with Gasteiger partial charge in [0.05, 0.1) is 25.1 Å². The average Bonchev–Trinajstić information content (AvgIpc) is 3.20. The number of carbonyl (C=O) groups excluding carboxylic acids is 3. The Bertz CT molecular complexity index is 1290. The van der Waals surface area contributed by atoms with Gasteiger partial charge in [0.2, 0.25) is 17.7 Å². The van der Waals surface area contributed by atoms with E-state index >= 15 is 0 Å². The number of hydrogen-bond acceptors (Lipinski definition) is 5.